The minimum Gasteiger partial charge on any atom is -0.462 e. The summed E-state index contributed by atoms with van der Waals surface area (Å²) in [5, 5.41) is 18.3. The third-order valence-corrected chi connectivity index (χ3v) is 4.70. The number of nitriles is 1. The molecule has 0 saturated heterocycles. The predicted octanol–water partition coefficient (Wildman–Crippen LogP) is 4.22. The van der Waals surface area contributed by atoms with Crippen molar-refractivity contribution in [3.8, 4) is 6.07 Å². The molecule has 0 amide bonds. The maximum Gasteiger partial charge on any atom is 0.340 e. The second-order valence-corrected chi connectivity index (χ2v) is 6.61. The summed E-state index contributed by atoms with van der Waals surface area (Å²) in [6, 6.07) is 10.2. The Labute approximate surface area is 161 Å². The van der Waals surface area contributed by atoms with Gasteiger partial charge in [-0.2, -0.15) is 10.4 Å². The Morgan fingerprint density at radius 2 is 2.18 bits per heavy atom. The van der Waals surface area contributed by atoms with Gasteiger partial charge in [-0.3, -0.25) is 0 Å². The largest absolute Gasteiger partial charge is 0.462 e. The van der Waals surface area contributed by atoms with Crippen LogP contribution in [0, 0.1) is 25.2 Å². The molecule has 3 aromatic heterocycles. The minimum absolute atomic E-state index is 0.294. The van der Waals surface area contributed by atoms with E-state index in [1.807, 2.05) is 32.0 Å². The average molecular weight is 373 g/mol. The molecule has 28 heavy (non-hydrogen) atoms. The highest BCUT2D eigenvalue weighted by Gasteiger charge is 2.20. The number of fused-ring (bicyclic) bond motifs is 2. The molecule has 7 heteroatoms. The zero-order valence-electron chi connectivity index (χ0n) is 15.8. The third-order valence-electron chi connectivity index (χ3n) is 4.70. The molecule has 3 heterocycles. The highest BCUT2D eigenvalue weighted by atomic mass is 16.5. The van der Waals surface area contributed by atoms with Crippen molar-refractivity contribution in [2.75, 3.05) is 11.9 Å². The number of aromatic nitrogens is 3. The summed E-state index contributed by atoms with van der Waals surface area (Å²) in [5.41, 5.74) is 5.80. The van der Waals surface area contributed by atoms with Crippen molar-refractivity contribution in [2.24, 2.45) is 0 Å². The van der Waals surface area contributed by atoms with Crippen molar-refractivity contribution in [3.63, 3.8) is 0 Å². The van der Waals surface area contributed by atoms with Gasteiger partial charge in [-0.05, 0) is 50.6 Å². The summed E-state index contributed by atoms with van der Waals surface area (Å²) in [6.45, 7) is 5.89. The molecule has 2 N–H and O–H groups in total. The molecule has 0 aliphatic heterocycles. The number of anilines is 2. The van der Waals surface area contributed by atoms with Gasteiger partial charge in [-0.1, -0.05) is 0 Å². The Hall–Kier alpha value is -3.79. The highest BCUT2D eigenvalue weighted by molar-refractivity contribution is 5.97. The second-order valence-electron chi connectivity index (χ2n) is 6.61. The van der Waals surface area contributed by atoms with E-state index in [0.717, 1.165) is 22.3 Å². The standard InChI is InChI=1S/C21H19N5O2/c1-4-28-21(27)17-11-26-20(13(17)3)19(15(9-22)10-23-26)25-16-5-6-18-14(8-16)7-12(2)24-18/h5-8,10-11,24-25H,4H2,1-3H3. The van der Waals surface area contributed by atoms with Crippen molar-refractivity contribution in [1.82, 2.24) is 14.6 Å². The lowest BCUT2D eigenvalue weighted by molar-refractivity contribution is 0.0525. The SMILES string of the molecule is CCOC(=O)c1cn2ncc(C#N)c(Nc3ccc4[nH]c(C)cc4c3)c2c1C. The van der Waals surface area contributed by atoms with Gasteiger partial charge in [0.05, 0.1) is 35.1 Å². The minimum atomic E-state index is -0.404. The topological polar surface area (TPSA) is 95.2 Å². The number of H-pyrrole nitrogens is 1. The molecular formula is C21H19N5O2. The van der Waals surface area contributed by atoms with Gasteiger partial charge in [0.2, 0.25) is 0 Å². The Kier molecular flexibility index (Phi) is 4.24. The zero-order valence-corrected chi connectivity index (χ0v) is 15.8. The van der Waals surface area contributed by atoms with E-state index >= 15 is 0 Å². The van der Waals surface area contributed by atoms with Gasteiger partial charge in [0.1, 0.15) is 6.07 Å². The zero-order chi connectivity index (χ0) is 19.8. The first-order valence-electron chi connectivity index (χ1n) is 8.96. The Morgan fingerprint density at radius 1 is 1.36 bits per heavy atom. The molecule has 140 valence electrons. The maximum absolute atomic E-state index is 12.3. The van der Waals surface area contributed by atoms with Crippen LogP contribution in [0.1, 0.15) is 34.1 Å². The molecule has 0 bridgehead atoms. The van der Waals surface area contributed by atoms with Gasteiger partial charge in [-0.25, -0.2) is 9.31 Å². The number of aryl methyl sites for hydroxylation is 2. The maximum atomic E-state index is 12.3. The predicted molar refractivity (Wildman–Crippen MR) is 107 cm³/mol. The fraction of sp³-hybridized carbons (Fsp3) is 0.190. The summed E-state index contributed by atoms with van der Waals surface area (Å²) in [4.78, 5) is 15.5. The molecule has 0 atom stereocenters. The lowest BCUT2D eigenvalue weighted by Gasteiger charge is -2.11. The number of carbonyl (C=O) groups excluding carboxylic acids is 1. The van der Waals surface area contributed by atoms with Crippen molar-refractivity contribution in [1.29, 1.82) is 5.26 Å². The first-order chi connectivity index (χ1) is 13.5. The number of esters is 1. The van der Waals surface area contributed by atoms with E-state index in [1.165, 1.54) is 6.20 Å². The van der Waals surface area contributed by atoms with E-state index in [2.05, 4.69) is 27.5 Å². The molecule has 0 unspecified atom stereocenters. The number of nitrogens with one attached hydrogen (secondary N) is 2. The van der Waals surface area contributed by atoms with Crippen LogP contribution in [-0.4, -0.2) is 27.2 Å². The van der Waals surface area contributed by atoms with Gasteiger partial charge in [0.25, 0.3) is 0 Å². The Bertz CT molecular complexity index is 1260. The summed E-state index contributed by atoms with van der Waals surface area (Å²) in [7, 11) is 0. The lowest BCUT2D eigenvalue weighted by atomic mass is 10.1. The van der Waals surface area contributed by atoms with Crippen molar-refractivity contribution in [2.45, 2.75) is 20.8 Å². The summed E-state index contributed by atoms with van der Waals surface area (Å²) < 4.78 is 6.74. The van der Waals surface area contributed by atoms with Crippen LogP contribution in [0.4, 0.5) is 11.4 Å². The molecule has 4 rings (SSSR count). The number of rotatable bonds is 4. The van der Waals surface area contributed by atoms with Crippen LogP contribution >= 0.6 is 0 Å². The van der Waals surface area contributed by atoms with E-state index in [-0.39, 0.29) is 0 Å². The number of carbonyl (C=O) groups is 1. The highest BCUT2D eigenvalue weighted by Crippen LogP contribution is 2.31. The van der Waals surface area contributed by atoms with Gasteiger partial charge < -0.3 is 15.0 Å². The molecule has 0 aliphatic rings. The first-order valence-corrected chi connectivity index (χ1v) is 8.96. The number of hydrogen-bond donors (Lipinski definition) is 2. The molecule has 0 saturated carbocycles. The molecule has 0 aliphatic carbocycles. The van der Waals surface area contributed by atoms with Crippen LogP contribution in [-0.2, 0) is 4.74 Å². The van der Waals surface area contributed by atoms with Crippen LogP contribution in [0.2, 0.25) is 0 Å². The van der Waals surface area contributed by atoms with Crippen molar-refractivity contribution < 1.29 is 9.53 Å². The molecule has 7 nitrogen and oxygen atoms in total. The third kappa shape index (κ3) is 2.85. The molecule has 4 aromatic rings. The lowest BCUT2D eigenvalue weighted by Crippen LogP contribution is -2.04. The van der Waals surface area contributed by atoms with E-state index in [9.17, 15) is 10.1 Å². The van der Waals surface area contributed by atoms with Crippen LogP contribution in [0.3, 0.4) is 0 Å². The van der Waals surface area contributed by atoms with E-state index in [0.29, 0.717) is 34.5 Å². The quantitative estimate of drug-likeness (QED) is 0.522. The number of benzene rings is 1. The number of nitrogens with zero attached hydrogens (tertiary/aromatic N) is 3. The normalized spacial score (nSPS) is 10.9. The molecule has 0 fully saturated rings. The van der Waals surface area contributed by atoms with Crippen LogP contribution in [0.25, 0.3) is 16.4 Å². The van der Waals surface area contributed by atoms with Crippen molar-refractivity contribution in [3.05, 3.63) is 59.0 Å². The molecular weight excluding hydrogens is 354 g/mol. The smallest absolute Gasteiger partial charge is 0.340 e. The number of aromatic amines is 1. The molecule has 0 spiro atoms. The van der Waals surface area contributed by atoms with Gasteiger partial charge >= 0.3 is 5.97 Å². The Balaban J connectivity index is 1.86. The van der Waals surface area contributed by atoms with Crippen LogP contribution < -0.4 is 5.32 Å². The van der Waals surface area contributed by atoms with Crippen molar-refractivity contribution >= 4 is 33.8 Å². The van der Waals surface area contributed by atoms with E-state index in [4.69, 9.17) is 4.74 Å². The fourth-order valence-electron chi connectivity index (χ4n) is 3.41. The fourth-order valence-corrected chi connectivity index (χ4v) is 3.41. The Morgan fingerprint density at radius 3 is 2.93 bits per heavy atom. The van der Waals surface area contributed by atoms with Crippen LogP contribution in [0.15, 0.2) is 36.7 Å². The molecule has 0 radical (unpaired) electrons. The second kappa shape index (κ2) is 6.74. The van der Waals surface area contributed by atoms with Gasteiger partial charge in [-0.15, -0.1) is 0 Å². The number of hydrogen-bond acceptors (Lipinski definition) is 5. The summed E-state index contributed by atoms with van der Waals surface area (Å²) >= 11 is 0. The first kappa shape index (κ1) is 17.6. The number of ether oxygens (including phenoxy) is 1. The summed E-state index contributed by atoms with van der Waals surface area (Å²) in [6.07, 6.45) is 3.12. The average Bonchev–Trinajstić information content (AvgIpc) is 3.21. The van der Waals surface area contributed by atoms with Crippen LogP contribution in [0.5, 0.6) is 0 Å². The molecule has 1 aromatic carbocycles. The monoisotopic (exact) mass is 373 g/mol. The van der Waals surface area contributed by atoms with Gasteiger partial charge in [0.15, 0.2) is 0 Å². The van der Waals surface area contributed by atoms with Gasteiger partial charge in [0, 0.05) is 28.5 Å². The van der Waals surface area contributed by atoms with E-state index in [1.54, 1.807) is 17.6 Å². The summed E-state index contributed by atoms with van der Waals surface area (Å²) in [5.74, 6) is -0.404. The van der Waals surface area contributed by atoms with E-state index < -0.39 is 5.97 Å².